The highest BCUT2D eigenvalue weighted by Gasteiger charge is 2.24. The molecule has 0 bridgehead atoms. The number of carbonyl (C=O) groups excluding carboxylic acids is 2. The van der Waals surface area contributed by atoms with Crippen molar-refractivity contribution < 1.29 is 14.0 Å². The summed E-state index contributed by atoms with van der Waals surface area (Å²) in [6, 6.07) is 10.8. The number of hydrogen-bond donors (Lipinski definition) is 1. The molecule has 5 heteroatoms. The van der Waals surface area contributed by atoms with Crippen molar-refractivity contribution in [1.29, 1.82) is 0 Å². The normalized spacial score (nSPS) is 15.8. The number of benzene rings is 1. The van der Waals surface area contributed by atoms with Crippen molar-refractivity contribution in [2.24, 2.45) is 5.92 Å². The maximum Gasteiger partial charge on any atom is 0.270 e. The minimum absolute atomic E-state index is 0.172. The second-order valence-electron chi connectivity index (χ2n) is 6.87. The van der Waals surface area contributed by atoms with Gasteiger partial charge in [-0.1, -0.05) is 24.6 Å². The predicted molar refractivity (Wildman–Crippen MR) is 100 cm³/mol. The van der Waals surface area contributed by atoms with Gasteiger partial charge in [-0.05, 0) is 49.9 Å². The van der Waals surface area contributed by atoms with E-state index in [1.54, 1.807) is 35.2 Å². The summed E-state index contributed by atoms with van der Waals surface area (Å²) in [5.74, 6) is 0.678. The van der Waals surface area contributed by atoms with Crippen LogP contribution in [0.25, 0.3) is 6.08 Å². The summed E-state index contributed by atoms with van der Waals surface area (Å²) in [5, 5.41) is 2.77. The number of amides is 2. The second kappa shape index (κ2) is 8.04. The molecule has 0 aliphatic carbocycles. The van der Waals surface area contributed by atoms with E-state index in [2.05, 4.69) is 12.2 Å². The highest BCUT2D eigenvalue weighted by Crippen LogP contribution is 2.18. The van der Waals surface area contributed by atoms with Crippen molar-refractivity contribution in [3.05, 3.63) is 65.2 Å². The fraction of sp³-hybridized carbons (Fsp3) is 0.333. The van der Waals surface area contributed by atoms with Crippen LogP contribution < -0.4 is 5.32 Å². The molecule has 0 saturated carbocycles. The van der Waals surface area contributed by atoms with Gasteiger partial charge in [0.15, 0.2) is 0 Å². The molecule has 2 heterocycles. The second-order valence-corrected chi connectivity index (χ2v) is 6.87. The first kappa shape index (κ1) is 18.0. The molecule has 0 spiro atoms. The molecule has 2 aromatic rings. The Morgan fingerprint density at radius 1 is 1.15 bits per heavy atom. The largest absolute Gasteiger partial charge is 0.465 e. The van der Waals surface area contributed by atoms with Gasteiger partial charge in [-0.3, -0.25) is 9.59 Å². The number of nitrogens with zero attached hydrogens (tertiary/aromatic N) is 1. The lowest BCUT2D eigenvalue weighted by Gasteiger charge is -2.31. The third kappa shape index (κ3) is 4.42. The van der Waals surface area contributed by atoms with Crippen LogP contribution in [0.2, 0.25) is 0 Å². The molecule has 2 amide bonds. The number of hydrogen-bond acceptors (Lipinski definition) is 3. The van der Waals surface area contributed by atoms with E-state index in [9.17, 15) is 9.59 Å². The molecule has 26 heavy (non-hydrogen) atoms. The third-order valence-corrected chi connectivity index (χ3v) is 4.69. The topological polar surface area (TPSA) is 62.6 Å². The molecule has 1 N–H and O–H groups in total. The molecule has 1 aliphatic rings. The summed E-state index contributed by atoms with van der Waals surface area (Å²) >= 11 is 0. The summed E-state index contributed by atoms with van der Waals surface area (Å²) in [6.45, 7) is 5.57. The Labute approximate surface area is 153 Å². The molecular weight excluding hydrogens is 328 g/mol. The fourth-order valence-electron chi connectivity index (χ4n) is 2.95. The Balaban J connectivity index is 1.80. The van der Waals surface area contributed by atoms with Gasteiger partial charge in [0, 0.05) is 24.7 Å². The number of carbonyl (C=O) groups is 2. The van der Waals surface area contributed by atoms with Crippen molar-refractivity contribution >= 4 is 17.9 Å². The smallest absolute Gasteiger partial charge is 0.270 e. The Bertz CT molecular complexity index is 783. The van der Waals surface area contributed by atoms with Crippen LogP contribution in [0, 0.1) is 12.8 Å². The van der Waals surface area contributed by atoms with E-state index in [4.69, 9.17) is 4.42 Å². The number of rotatable bonds is 4. The van der Waals surface area contributed by atoms with E-state index < -0.39 is 0 Å². The summed E-state index contributed by atoms with van der Waals surface area (Å²) in [6.07, 6.45) is 5.09. The molecule has 1 fully saturated rings. The van der Waals surface area contributed by atoms with Crippen molar-refractivity contribution in [2.45, 2.75) is 26.7 Å². The van der Waals surface area contributed by atoms with Crippen molar-refractivity contribution in [2.75, 3.05) is 13.1 Å². The molecule has 0 radical (unpaired) electrons. The maximum atomic E-state index is 13.0. The van der Waals surface area contributed by atoms with E-state index in [0.717, 1.165) is 18.4 Å². The lowest BCUT2D eigenvalue weighted by molar-refractivity contribution is -0.128. The van der Waals surface area contributed by atoms with E-state index in [0.29, 0.717) is 30.3 Å². The van der Waals surface area contributed by atoms with Gasteiger partial charge in [0.1, 0.15) is 11.5 Å². The average molecular weight is 352 g/mol. The molecule has 1 saturated heterocycles. The quantitative estimate of drug-likeness (QED) is 0.855. The van der Waals surface area contributed by atoms with Gasteiger partial charge in [0.25, 0.3) is 11.8 Å². The summed E-state index contributed by atoms with van der Waals surface area (Å²) in [7, 11) is 0. The SMILES string of the molecule is Cc1ccc(C(=O)NC(=Cc2ccco2)C(=O)N2CCC(C)CC2)cc1. The van der Waals surface area contributed by atoms with Gasteiger partial charge in [0.05, 0.1) is 6.26 Å². The van der Waals surface area contributed by atoms with E-state index in [-0.39, 0.29) is 17.5 Å². The molecule has 1 aromatic carbocycles. The summed E-state index contributed by atoms with van der Waals surface area (Å²) in [4.78, 5) is 27.3. The van der Waals surface area contributed by atoms with Gasteiger partial charge in [0.2, 0.25) is 0 Å². The predicted octanol–water partition coefficient (Wildman–Crippen LogP) is 3.62. The van der Waals surface area contributed by atoms with Crippen LogP contribution in [0.4, 0.5) is 0 Å². The number of likely N-dealkylation sites (tertiary alicyclic amines) is 1. The van der Waals surface area contributed by atoms with Crippen molar-refractivity contribution in [3.8, 4) is 0 Å². The molecule has 0 unspecified atom stereocenters. The minimum Gasteiger partial charge on any atom is -0.465 e. The lowest BCUT2D eigenvalue weighted by Crippen LogP contribution is -2.42. The standard InChI is InChI=1S/C21H24N2O3/c1-15-5-7-17(8-6-15)20(24)22-19(14-18-4-3-13-26-18)21(25)23-11-9-16(2)10-12-23/h3-8,13-14,16H,9-12H2,1-2H3,(H,22,24). The van der Waals surface area contributed by atoms with Gasteiger partial charge in [-0.25, -0.2) is 0 Å². The number of aryl methyl sites for hydroxylation is 1. The van der Waals surface area contributed by atoms with E-state index >= 15 is 0 Å². The van der Waals surface area contributed by atoms with Crippen molar-refractivity contribution in [1.82, 2.24) is 10.2 Å². The molecule has 136 valence electrons. The lowest BCUT2D eigenvalue weighted by atomic mass is 9.99. The highest BCUT2D eigenvalue weighted by atomic mass is 16.3. The Kier molecular flexibility index (Phi) is 5.56. The monoisotopic (exact) mass is 352 g/mol. The third-order valence-electron chi connectivity index (χ3n) is 4.69. The van der Waals surface area contributed by atoms with E-state index in [1.165, 1.54) is 6.26 Å². The molecule has 3 rings (SSSR count). The summed E-state index contributed by atoms with van der Waals surface area (Å²) in [5.41, 5.74) is 1.83. The van der Waals surface area contributed by atoms with Crippen LogP contribution in [-0.2, 0) is 4.79 Å². The van der Waals surface area contributed by atoms with Crippen LogP contribution in [0.1, 0.15) is 41.4 Å². The first-order chi connectivity index (χ1) is 12.5. The van der Waals surface area contributed by atoms with Gasteiger partial charge in [-0.15, -0.1) is 0 Å². The summed E-state index contributed by atoms with van der Waals surface area (Å²) < 4.78 is 5.32. The average Bonchev–Trinajstić information content (AvgIpc) is 3.15. The van der Waals surface area contributed by atoms with Crippen LogP contribution >= 0.6 is 0 Å². The zero-order valence-electron chi connectivity index (χ0n) is 15.2. The Hall–Kier alpha value is -2.82. The first-order valence-corrected chi connectivity index (χ1v) is 8.95. The first-order valence-electron chi connectivity index (χ1n) is 8.95. The number of nitrogens with one attached hydrogen (secondary N) is 1. The molecule has 5 nitrogen and oxygen atoms in total. The Morgan fingerprint density at radius 2 is 1.85 bits per heavy atom. The Morgan fingerprint density at radius 3 is 2.46 bits per heavy atom. The van der Waals surface area contributed by atoms with Crippen LogP contribution in [-0.4, -0.2) is 29.8 Å². The number of furan rings is 1. The minimum atomic E-state index is -0.304. The van der Waals surface area contributed by atoms with Crippen LogP contribution in [0.3, 0.4) is 0 Å². The zero-order chi connectivity index (χ0) is 18.5. The molecule has 1 aliphatic heterocycles. The van der Waals surface area contributed by atoms with E-state index in [1.807, 2.05) is 19.1 Å². The van der Waals surface area contributed by atoms with Gasteiger partial charge in [-0.2, -0.15) is 0 Å². The van der Waals surface area contributed by atoms with Gasteiger partial charge < -0.3 is 14.6 Å². The number of piperidine rings is 1. The molecular formula is C21H24N2O3. The zero-order valence-corrected chi connectivity index (χ0v) is 15.2. The fourth-order valence-corrected chi connectivity index (χ4v) is 2.95. The molecule has 1 aromatic heterocycles. The maximum absolute atomic E-state index is 13.0. The van der Waals surface area contributed by atoms with Gasteiger partial charge >= 0.3 is 0 Å². The van der Waals surface area contributed by atoms with Crippen LogP contribution in [0.5, 0.6) is 0 Å². The van der Waals surface area contributed by atoms with Crippen molar-refractivity contribution in [3.63, 3.8) is 0 Å². The molecule has 0 atom stereocenters. The van der Waals surface area contributed by atoms with Crippen LogP contribution in [0.15, 0.2) is 52.8 Å². The highest BCUT2D eigenvalue weighted by molar-refractivity contribution is 6.05.